The summed E-state index contributed by atoms with van der Waals surface area (Å²) in [4.78, 5) is 12.7. The van der Waals surface area contributed by atoms with Crippen LogP contribution in [0.15, 0.2) is 72.8 Å². The van der Waals surface area contributed by atoms with E-state index in [2.05, 4.69) is 5.32 Å². The first-order valence-electron chi connectivity index (χ1n) is 8.54. The van der Waals surface area contributed by atoms with Gasteiger partial charge in [0.2, 0.25) is 0 Å². The molecule has 0 saturated heterocycles. The molecule has 0 fully saturated rings. The van der Waals surface area contributed by atoms with Crippen LogP contribution in [-0.4, -0.2) is 12.5 Å². The Labute approximate surface area is 168 Å². The first kappa shape index (κ1) is 19.3. The number of hydrogen-bond acceptors (Lipinski definition) is 4. The fraction of sp³-hybridized carbons (Fsp3) is 0.0909. The molecule has 0 saturated carbocycles. The van der Waals surface area contributed by atoms with Gasteiger partial charge in [-0.1, -0.05) is 41.9 Å². The lowest BCUT2D eigenvalue weighted by molar-refractivity contribution is 0.102. The average Bonchev–Trinajstić information content (AvgIpc) is 2.73. The fourth-order valence-electron chi connectivity index (χ4n) is 2.50. The second-order valence-corrected chi connectivity index (χ2v) is 6.21. The average molecular weight is 393 g/mol. The van der Waals surface area contributed by atoms with Crippen LogP contribution in [0.4, 0.5) is 5.69 Å². The summed E-state index contributed by atoms with van der Waals surface area (Å²) >= 11 is 6.16. The molecule has 0 spiro atoms. The van der Waals surface area contributed by atoms with Gasteiger partial charge in [-0.05, 0) is 42.5 Å². The van der Waals surface area contributed by atoms with Gasteiger partial charge in [-0.2, -0.15) is 5.26 Å². The summed E-state index contributed by atoms with van der Waals surface area (Å²) in [7, 11) is 0. The highest BCUT2D eigenvalue weighted by Gasteiger charge is 2.13. The number of amides is 1. The molecule has 0 unspecified atom stereocenters. The molecule has 0 heterocycles. The van der Waals surface area contributed by atoms with E-state index in [-0.39, 0.29) is 19.1 Å². The maximum Gasteiger partial charge on any atom is 0.259 e. The van der Waals surface area contributed by atoms with E-state index in [0.29, 0.717) is 27.8 Å². The molecular weight excluding hydrogens is 376 g/mol. The molecule has 140 valence electrons. The second-order valence-electron chi connectivity index (χ2n) is 5.80. The Morgan fingerprint density at radius 2 is 1.68 bits per heavy atom. The molecule has 3 aromatic rings. The van der Waals surface area contributed by atoms with Gasteiger partial charge in [0.05, 0.1) is 5.56 Å². The number of carbonyl (C=O) groups is 1. The minimum absolute atomic E-state index is 0.0259. The number of nitrogens with one attached hydrogen (secondary N) is 1. The standard InChI is InChI=1S/C22H17ClN2O3/c23-20-7-3-1-5-16(20)15-28-21-8-4-2-6-19(21)22(26)25-17-9-11-18(12-10-17)27-14-13-24/h1-12H,14-15H2,(H,25,26). The van der Waals surface area contributed by atoms with E-state index < -0.39 is 0 Å². The summed E-state index contributed by atoms with van der Waals surface area (Å²) in [5, 5.41) is 12.0. The normalized spacial score (nSPS) is 10.0. The number of hydrogen-bond donors (Lipinski definition) is 1. The summed E-state index contributed by atoms with van der Waals surface area (Å²) in [6.45, 7) is 0.233. The van der Waals surface area contributed by atoms with Crippen molar-refractivity contribution in [1.29, 1.82) is 5.26 Å². The van der Waals surface area contributed by atoms with Crippen molar-refractivity contribution in [3.05, 3.63) is 88.9 Å². The maximum absolute atomic E-state index is 12.7. The van der Waals surface area contributed by atoms with Crippen molar-refractivity contribution >= 4 is 23.2 Å². The number of rotatable bonds is 7. The van der Waals surface area contributed by atoms with Gasteiger partial charge in [-0.25, -0.2) is 0 Å². The van der Waals surface area contributed by atoms with E-state index in [1.807, 2.05) is 24.3 Å². The van der Waals surface area contributed by atoms with Crippen molar-refractivity contribution in [2.24, 2.45) is 0 Å². The summed E-state index contributed by atoms with van der Waals surface area (Å²) in [5.41, 5.74) is 1.86. The lowest BCUT2D eigenvalue weighted by atomic mass is 10.1. The van der Waals surface area contributed by atoms with Crippen LogP contribution in [0.5, 0.6) is 11.5 Å². The largest absolute Gasteiger partial charge is 0.488 e. The minimum Gasteiger partial charge on any atom is -0.488 e. The number of benzene rings is 3. The third-order valence-corrected chi connectivity index (χ3v) is 4.26. The maximum atomic E-state index is 12.7. The van der Waals surface area contributed by atoms with Crippen molar-refractivity contribution < 1.29 is 14.3 Å². The van der Waals surface area contributed by atoms with Gasteiger partial charge >= 0.3 is 0 Å². The first-order valence-corrected chi connectivity index (χ1v) is 8.91. The topological polar surface area (TPSA) is 71.3 Å². The van der Waals surface area contributed by atoms with E-state index in [1.54, 1.807) is 54.6 Å². The Balaban J connectivity index is 1.68. The van der Waals surface area contributed by atoms with Crippen LogP contribution in [-0.2, 0) is 6.61 Å². The van der Waals surface area contributed by atoms with Gasteiger partial charge in [-0.3, -0.25) is 4.79 Å². The molecule has 0 aromatic heterocycles. The zero-order valence-corrected chi connectivity index (χ0v) is 15.6. The third-order valence-electron chi connectivity index (χ3n) is 3.89. The minimum atomic E-state index is -0.291. The molecule has 5 nitrogen and oxygen atoms in total. The summed E-state index contributed by atoms with van der Waals surface area (Å²) < 4.78 is 11.0. The van der Waals surface area contributed by atoms with Crippen molar-refractivity contribution in [2.75, 3.05) is 11.9 Å². The molecule has 0 aliphatic heterocycles. The number of anilines is 1. The number of halogens is 1. The Morgan fingerprint density at radius 3 is 2.43 bits per heavy atom. The Kier molecular flexibility index (Phi) is 6.50. The van der Waals surface area contributed by atoms with Crippen LogP contribution >= 0.6 is 11.6 Å². The lowest BCUT2D eigenvalue weighted by Crippen LogP contribution is -2.13. The number of para-hydroxylation sites is 1. The molecule has 3 aromatic carbocycles. The van der Waals surface area contributed by atoms with Crippen LogP contribution in [0.25, 0.3) is 0 Å². The molecule has 0 radical (unpaired) electrons. The zero-order valence-electron chi connectivity index (χ0n) is 14.9. The van der Waals surface area contributed by atoms with Crippen LogP contribution in [0.3, 0.4) is 0 Å². The van der Waals surface area contributed by atoms with Crippen LogP contribution in [0.1, 0.15) is 15.9 Å². The quantitative estimate of drug-likeness (QED) is 0.609. The van der Waals surface area contributed by atoms with Gasteiger partial charge in [0.25, 0.3) is 5.91 Å². The predicted molar refractivity (Wildman–Crippen MR) is 108 cm³/mol. The molecule has 0 aliphatic rings. The molecule has 1 amide bonds. The molecule has 0 bridgehead atoms. The molecule has 28 heavy (non-hydrogen) atoms. The van der Waals surface area contributed by atoms with Gasteiger partial charge in [-0.15, -0.1) is 0 Å². The molecule has 1 N–H and O–H groups in total. The third kappa shape index (κ3) is 5.03. The SMILES string of the molecule is N#CCOc1ccc(NC(=O)c2ccccc2OCc2ccccc2Cl)cc1. The fourth-order valence-corrected chi connectivity index (χ4v) is 2.69. The van der Waals surface area contributed by atoms with Gasteiger partial charge < -0.3 is 14.8 Å². The number of nitriles is 1. The highest BCUT2D eigenvalue weighted by Crippen LogP contribution is 2.23. The monoisotopic (exact) mass is 392 g/mol. The summed E-state index contributed by atoms with van der Waals surface area (Å²) in [6, 6.07) is 23.1. The zero-order chi connectivity index (χ0) is 19.8. The van der Waals surface area contributed by atoms with E-state index in [1.165, 1.54) is 0 Å². The molecule has 3 rings (SSSR count). The van der Waals surface area contributed by atoms with E-state index in [9.17, 15) is 4.79 Å². The highest BCUT2D eigenvalue weighted by atomic mass is 35.5. The lowest BCUT2D eigenvalue weighted by Gasteiger charge is -2.12. The van der Waals surface area contributed by atoms with Crippen molar-refractivity contribution in [3.63, 3.8) is 0 Å². The smallest absolute Gasteiger partial charge is 0.259 e. The Hall–Kier alpha value is -3.49. The molecule has 0 aliphatic carbocycles. The van der Waals surface area contributed by atoms with E-state index in [0.717, 1.165) is 5.56 Å². The number of ether oxygens (including phenoxy) is 2. The van der Waals surface area contributed by atoms with Gasteiger partial charge in [0.15, 0.2) is 6.61 Å². The Bertz CT molecular complexity index is 997. The van der Waals surface area contributed by atoms with Crippen LogP contribution in [0, 0.1) is 11.3 Å². The van der Waals surface area contributed by atoms with Crippen LogP contribution < -0.4 is 14.8 Å². The van der Waals surface area contributed by atoms with Crippen LogP contribution in [0.2, 0.25) is 5.02 Å². The predicted octanol–water partition coefficient (Wildman–Crippen LogP) is 5.07. The molecule has 0 atom stereocenters. The van der Waals surface area contributed by atoms with E-state index in [4.69, 9.17) is 26.3 Å². The first-order chi connectivity index (χ1) is 13.7. The van der Waals surface area contributed by atoms with Gasteiger partial charge in [0, 0.05) is 16.3 Å². The summed E-state index contributed by atoms with van der Waals surface area (Å²) in [5.74, 6) is 0.734. The molecular formula is C22H17ClN2O3. The molecule has 6 heteroatoms. The highest BCUT2D eigenvalue weighted by molar-refractivity contribution is 6.31. The number of carbonyl (C=O) groups excluding carboxylic acids is 1. The van der Waals surface area contributed by atoms with Gasteiger partial charge in [0.1, 0.15) is 24.2 Å². The Morgan fingerprint density at radius 1 is 0.964 bits per heavy atom. The second kappa shape index (κ2) is 9.45. The van der Waals surface area contributed by atoms with Crippen molar-refractivity contribution in [3.8, 4) is 17.6 Å². The summed E-state index contributed by atoms with van der Waals surface area (Å²) in [6.07, 6.45) is 0. The van der Waals surface area contributed by atoms with Crippen molar-refractivity contribution in [1.82, 2.24) is 0 Å². The van der Waals surface area contributed by atoms with E-state index >= 15 is 0 Å². The van der Waals surface area contributed by atoms with Crippen molar-refractivity contribution in [2.45, 2.75) is 6.61 Å². The number of nitrogens with zero attached hydrogens (tertiary/aromatic N) is 1.